The molecule has 1 heterocycles. The number of hydrogen-bond donors (Lipinski definition) is 2. The van der Waals surface area contributed by atoms with E-state index in [-0.39, 0.29) is 17.2 Å². The Morgan fingerprint density at radius 3 is 2.69 bits per heavy atom. The number of hydrogen-bond acceptors (Lipinski definition) is 5. The van der Waals surface area contributed by atoms with Crippen LogP contribution in [-0.2, 0) is 9.59 Å². The van der Waals surface area contributed by atoms with Gasteiger partial charge < -0.3 is 10.4 Å². The smallest absolute Gasteiger partial charge is 0.294 e. The van der Waals surface area contributed by atoms with Crippen LogP contribution < -0.4 is 5.32 Å². The van der Waals surface area contributed by atoms with Crippen LogP contribution in [0.15, 0.2) is 53.4 Å². The van der Waals surface area contributed by atoms with Crippen LogP contribution in [0, 0.1) is 6.92 Å². The number of para-hydroxylation sites is 1. The van der Waals surface area contributed by atoms with Gasteiger partial charge in [0.1, 0.15) is 12.3 Å². The average molecular weight is 368 g/mol. The minimum Gasteiger partial charge on any atom is -0.508 e. The first kappa shape index (κ1) is 17.8. The summed E-state index contributed by atoms with van der Waals surface area (Å²) in [5, 5.41) is 11.7. The second-order valence-electron chi connectivity index (χ2n) is 5.73. The highest BCUT2D eigenvalue weighted by Gasteiger charge is 2.36. The monoisotopic (exact) mass is 368 g/mol. The summed E-state index contributed by atoms with van der Waals surface area (Å²) in [5.74, 6) is -0.904. The normalized spacial score (nSPS) is 15.6. The summed E-state index contributed by atoms with van der Waals surface area (Å²) >= 11 is 0.771. The van der Waals surface area contributed by atoms with Gasteiger partial charge in [-0.1, -0.05) is 30.3 Å². The summed E-state index contributed by atoms with van der Waals surface area (Å²) in [4.78, 5) is 37.9. The van der Waals surface area contributed by atoms with E-state index in [1.54, 1.807) is 24.3 Å². The van der Waals surface area contributed by atoms with Gasteiger partial charge in [0, 0.05) is 5.69 Å². The molecule has 6 nitrogen and oxygen atoms in total. The number of carbonyl (C=O) groups excluding carboxylic acids is 3. The lowest BCUT2D eigenvalue weighted by Gasteiger charge is -2.13. The van der Waals surface area contributed by atoms with Gasteiger partial charge in [0.25, 0.3) is 11.1 Å². The van der Waals surface area contributed by atoms with Gasteiger partial charge in [0.15, 0.2) is 0 Å². The minimum absolute atomic E-state index is 0.0654. The number of nitrogens with one attached hydrogen (secondary N) is 1. The summed E-state index contributed by atoms with van der Waals surface area (Å²) in [6.45, 7) is 1.50. The number of nitrogens with zero attached hydrogens (tertiary/aromatic N) is 1. The predicted octanol–water partition coefficient (Wildman–Crippen LogP) is 3.38. The zero-order chi connectivity index (χ0) is 18.7. The quantitative estimate of drug-likeness (QED) is 0.808. The Bertz CT molecular complexity index is 923. The molecule has 26 heavy (non-hydrogen) atoms. The highest BCUT2D eigenvalue weighted by Crippen LogP contribution is 2.32. The van der Waals surface area contributed by atoms with Gasteiger partial charge in [0.2, 0.25) is 5.91 Å². The molecular formula is C19H16N2O4S. The van der Waals surface area contributed by atoms with Crippen LogP contribution in [-0.4, -0.2) is 33.6 Å². The molecule has 0 aliphatic carbocycles. The van der Waals surface area contributed by atoms with Gasteiger partial charge in [-0.05, 0) is 54.1 Å². The third kappa shape index (κ3) is 3.94. The van der Waals surface area contributed by atoms with E-state index in [9.17, 15) is 19.5 Å². The molecule has 1 aliphatic heterocycles. The fraction of sp³-hybridized carbons (Fsp3) is 0.105. The average Bonchev–Trinajstić information content (AvgIpc) is 2.84. The second kappa shape index (κ2) is 7.45. The van der Waals surface area contributed by atoms with E-state index in [1.807, 2.05) is 19.1 Å². The molecule has 0 radical (unpaired) electrons. The molecule has 0 aromatic heterocycles. The number of aryl methyl sites for hydroxylation is 1. The number of amides is 3. The van der Waals surface area contributed by atoms with E-state index in [1.165, 1.54) is 18.2 Å². The summed E-state index contributed by atoms with van der Waals surface area (Å²) in [6, 6.07) is 13.6. The Morgan fingerprint density at radius 1 is 1.19 bits per heavy atom. The Hall–Kier alpha value is -3.06. The lowest BCUT2D eigenvalue weighted by molar-refractivity contribution is -0.127. The first-order chi connectivity index (χ1) is 12.4. The van der Waals surface area contributed by atoms with Crippen LogP contribution in [0.1, 0.15) is 11.1 Å². The Balaban J connectivity index is 1.71. The van der Waals surface area contributed by atoms with E-state index in [0.717, 1.165) is 22.2 Å². The largest absolute Gasteiger partial charge is 0.508 e. The lowest BCUT2D eigenvalue weighted by atomic mass is 10.2. The van der Waals surface area contributed by atoms with Crippen LogP contribution in [0.25, 0.3) is 6.08 Å². The third-order valence-corrected chi connectivity index (χ3v) is 4.67. The molecule has 2 N–H and O–H groups in total. The van der Waals surface area contributed by atoms with Crippen molar-refractivity contribution in [1.29, 1.82) is 0 Å². The summed E-state index contributed by atoms with van der Waals surface area (Å²) in [7, 11) is 0. The fourth-order valence-corrected chi connectivity index (χ4v) is 3.29. The molecule has 0 spiro atoms. The molecule has 3 rings (SSSR count). The van der Waals surface area contributed by atoms with Crippen LogP contribution in [0.5, 0.6) is 5.75 Å². The lowest BCUT2D eigenvalue weighted by Crippen LogP contribution is -2.36. The summed E-state index contributed by atoms with van der Waals surface area (Å²) in [5.41, 5.74) is 2.12. The number of carbonyl (C=O) groups is 3. The fourth-order valence-electron chi connectivity index (χ4n) is 2.45. The summed E-state index contributed by atoms with van der Waals surface area (Å²) in [6.07, 6.45) is 1.52. The van der Waals surface area contributed by atoms with Gasteiger partial charge in [-0.3, -0.25) is 19.3 Å². The van der Waals surface area contributed by atoms with Crippen molar-refractivity contribution in [3.05, 3.63) is 64.6 Å². The van der Waals surface area contributed by atoms with E-state index in [0.29, 0.717) is 11.3 Å². The van der Waals surface area contributed by atoms with Crippen LogP contribution in [0.4, 0.5) is 10.5 Å². The molecule has 1 fully saturated rings. The van der Waals surface area contributed by atoms with Gasteiger partial charge in [-0.25, -0.2) is 0 Å². The zero-order valence-corrected chi connectivity index (χ0v) is 14.7. The van der Waals surface area contributed by atoms with Crippen molar-refractivity contribution in [3.63, 3.8) is 0 Å². The number of benzene rings is 2. The van der Waals surface area contributed by atoms with Crippen molar-refractivity contribution in [1.82, 2.24) is 4.90 Å². The van der Waals surface area contributed by atoms with Crippen molar-refractivity contribution < 1.29 is 19.5 Å². The van der Waals surface area contributed by atoms with Crippen LogP contribution in [0.2, 0.25) is 0 Å². The van der Waals surface area contributed by atoms with E-state index < -0.39 is 17.1 Å². The molecule has 0 saturated carbocycles. The molecule has 1 saturated heterocycles. The molecule has 0 unspecified atom stereocenters. The van der Waals surface area contributed by atoms with Crippen molar-refractivity contribution >= 4 is 40.6 Å². The van der Waals surface area contributed by atoms with Crippen molar-refractivity contribution in [2.75, 3.05) is 11.9 Å². The van der Waals surface area contributed by atoms with Gasteiger partial charge in [0.05, 0.1) is 4.91 Å². The molecule has 0 bridgehead atoms. The Kier molecular flexibility index (Phi) is 5.09. The number of anilines is 1. The van der Waals surface area contributed by atoms with Gasteiger partial charge in [-0.15, -0.1) is 0 Å². The maximum atomic E-state index is 12.4. The molecular weight excluding hydrogens is 352 g/mol. The first-order valence-corrected chi connectivity index (χ1v) is 8.65. The SMILES string of the molecule is Cc1ccccc1NC(=O)CN1C(=O)S/C(=C/c2cccc(O)c2)C1=O. The molecule has 132 valence electrons. The molecule has 1 aliphatic rings. The van der Waals surface area contributed by atoms with Crippen molar-refractivity contribution in [2.45, 2.75) is 6.92 Å². The third-order valence-electron chi connectivity index (χ3n) is 3.76. The molecule has 2 aromatic rings. The number of imide groups is 1. The predicted molar refractivity (Wildman–Crippen MR) is 101 cm³/mol. The van der Waals surface area contributed by atoms with E-state index >= 15 is 0 Å². The maximum Gasteiger partial charge on any atom is 0.294 e. The number of thioether (sulfide) groups is 1. The van der Waals surface area contributed by atoms with Crippen molar-refractivity contribution in [3.8, 4) is 5.75 Å². The second-order valence-corrected chi connectivity index (χ2v) is 6.72. The highest BCUT2D eigenvalue weighted by atomic mass is 32.2. The highest BCUT2D eigenvalue weighted by molar-refractivity contribution is 8.18. The van der Waals surface area contributed by atoms with E-state index in [4.69, 9.17) is 0 Å². The molecule has 7 heteroatoms. The minimum atomic E-state index is -0.525. The Labute approximate surface area is 154 Å². The molecule has 0 atom stereocenters. The Morgan fingerprint density at radius 2 is 1.96 bits per heavy atom. The van der Waals surface area contributed by atoms with Crippen LogP contribution >= 0.6 is 11.8 Å². The molecule has 2 aromatic carbocycles. The number of rotatable bonds is 4. The number of aromatic hydroxyl groups is 1. The standard InChI is InChI=1S/C19H16N2O4S/c1-12-5-2-3-8-15(12)20-17(23)11-21-18(24)16(26-19(21)25)10-13-6-4-7-14(22)9-13/h2-10,22H,11H2,1H3,(H,20,23)/b16-10+. The van der Waals surface area contributed by atoms with E-state index in [2.05, 4.69) is 5.32 Å². The van der Waals surface area contributed by atoms with Crippen molar-refractivity contribution in [2.24, 2.45) is 0 Å². The maximum absolute atomic E-state index is 12.4. The first-order valence-electron chi connectivity index (χ1n) is 7.84. The zero-order valence-electron chi connectivity index (χ0n) is 13.9. The molecule has 3 amide bonds. The van der Waals surface area contributed by atoms with Gasteiger partial charge in [-0.2, -0.15) is 0 Å². The number of phenolic OH excluding ortho intramolecular Hbond substituents is 1. The summed E-state index contributed by atoms with van der Waals surface area (Å²) < 4.78 is 0. The van der Waals surface area contributed by atoms with Crippen LogP contribution in [0.3, 0.4) is 0 Å². The number of phenols is 1. The topological polar surface area (TPSA) is 86.7 Å². The van der Waals surface area contributed by atoms with Gasteiger partial charge >= 0.3 is 0 Å².